The van der Waals surface area contributed by atoms with Crippen molar-refractivity contribution in [2.75, 3.05) is 19.6 Å². The van der Waals surface area contributed by atoms with Gasteiger partial charge in [-0.2, -0.15) is 0 Å². The van der Waals surface area contributed by atoms with Gasteiger partial charge in [-0.3, -0.25) is 14.5 Å². The standard InChI is InChI=1S/C23H22BrClN2O3/c24-16-6-9-21-18(12-16)20(28)13-22(30-21)23(29)26-14-19(27-10-2-1-3-11-27)15-4-7-17(25)8-5-15/h4-9,12-13,19H,1-3,10-11,14H2,(H,26,29). The summed E-state index contributed by atoms with van der Waals surface area (Å²) in [7, 11) is 0. The number of nitrogens with zero attached hydrogens (tertiary/aromatic N) is 1. The van der Waals surface area contributed by atoms with E-state index >= 15 is 0 Å². The van der Waals surface area contributed by atoms with Gasteiger partial charge >= 0.3 is 0 Å². The molecule has 0 saturated carbocycles. The number of carbonyl (C=O) groups is 1. The second-order valence-corrected chi connectivity index (χ2v) is 8.84. The highest BCUT2D eigenvalue weighted by atomic mass is 79.9. The minimum absolute atomic E-state index is 0.0170. The summed E-state index contributed by atoms with van der Waals surface area (Å²) in [6, 6.07) is 14.2. The molecule has 4 rings (SSSR count). The molecule has 0 aliphatic carbocycles. The molecule has 1 unspecified atom stereocenters. The molecular formula is C23H22BrClN2O3. The average molecular weight is 490 g/mol. The quantitative estimate of drug-likeness (QED) is 0.537. The van der Waals surface area contributed by atoms with Crippen LogP contribution < -0.4 is 10.7 Å². The monoisotopic (exact) mass is 488 g/mol. The van der Waals surface area contributed by atoms with Gasteiger partial charge < -0.3 is 9.73 Å². The van der Waals surface area contributed by atoms with Gasteiger partial charge in [-0.1, -0.05) is 46.1 Å². The molecule has 1 atom stereocenters. The minimum atomic E-state index is -0.395. The topological polar surface area (TPSA) is 62.6 Å². The van der Waals surface area contributed by atoms with Crippen LogP contribution in [0.5, 0.6) is 0 Å². The van der Waals surface area contributed by atoms with Crippen LogP contribution in [-0.2, 0) is 0 Å². The summed E-state index contributed by atoms with van der Waals surface area (Å²) in [4.78, 5) is 27.6. The Morgan fingerprint density at radius 3 is 2.57 bits per heavy atom. The summed E-state index contributed by atoms with van der Waals surface area (Å²) in [6.07, 6.45) is 3.52. The van der Waals surface area contributed by atoms with E-state index in [1.165, 1.54) is 12.5 Å². The van der Waals surface area contributed by atoms with E-state index in [0.717, 1.165) is 36.0 Å². The molecule has 5 nitrogen and oxygen atoms in total. The molecule has 1 aromatic heterocycles. The van der Waals surface area contributed by atoms with Gasteiger partial charge in [0, 0.05) is 22.1 Å². The highest BCUT2D eigenvalue weighted by Gasteiger charge is 2.23. The summed E-state index contributed by atoms with van der Waals surface area (Å²) in [5.41, 5.74) is 1.25. The highest BCUT2D eigenvalue weighted by molar-refractivity contribution is 9.10. The summed E-state index contributed by atoms with van der Waals surface area (Å²) in [6.45, 7) is 2.40. The number of fused-ring (bicyclic) bond motifs is 1. The van der Waals surface area contributed by atoms with Crippen molar-refractivity contribution in [3.05, 3.63) is 79.6 Å². The van der Waals surface area contributed by atoms with E-state index in [9.17, 15) is 9.59 Å². The number of rotatable bonds is 5. The first-order valence-corrected chi connectivity index (χ1v) is 11.2. The molecule has 1 fully saturated rings. The van der Waals surface area contributed by atoms with Crippen LogP contribution >= 0.6 is 27.5 Å². The summed E-state index contributed by atoms with van der Waals surface area (Å²) < 4.78 is 6.48. The molecule has 0 radical (unpaired) electrons. The normalized spacial score (nSPS) is 15.8. The SMILES string of the molecule is O=C(NCC(c1ccc(Cl)cc1)N1CCCCC1)c1cc(=O)c2cc(Br)ccc2o1. The van der Waals surface area contributed by atoms with Gasteiger partial charge in [0.1, 0.15) is 5.58 Å². The fourth-order valence-corrected chi connectivity index (χ4v) is 4.38. The smallest absolute Gasteiger partial charge is 0.287 e. The first-order valence-electron chi connectivity index (χ1n) is 10.0. The number of hydrogen-bond donors (Lipinski definition) is 1. The van der Waals surface area contributed by atoms with E-state index in [1.54, 1.807) is 18.2 Å². The molecule has 7 heteroatoms. The Hall–Kier alpha value is -2.15. The van der Waals surface area contributed by atoms with Crippen molar-refractivity contribution < 1.29 is 9.21 Å². The largest absolute Gasteiger partial charge is 0.451 e. The third-order valence-electron chi connectivity index (χ3n) is 5.46. The van der Waals surface area contributed by atoms with E-state index in [1.807, 2.05) is 24.3 Å². The Labute approximate surface area is 188 Å². The molecule has 2 heterocycles. The lowest BCUT2D eigenvalue weighted by atomic mass is 10.0. The molecule has 3 aromatic rings. The van der Waals surface area contributed by atoms with E-state index in [0.29, 0.717) is 22.5 Å². The van der Waals surface area contributed by atoms with Crippen molar-refractivity contribution in [2.24, 2.45) is 0 Å². The molecule has 2 aromatic carbocycles. The lowest BCUT2D eigenvalue weighted by Gasteiger charge is -2.35. The van der Waals surface area contributed by atoms with Crippen LogP contribution in [0.1, 0.15) is 41.4 Å². The fourth-order valence-electron chi connectivity index (χ4n) is 3.89. The van der Waals surface area contributed by atoms with Gasteiger partial charge in [0.05, 0.1) is 11.4 Å². The Balaban J connectivity index is 1.55. The molecule has 30 heavy (non-hydrogen) atoms. The number of halogens is 2. The molecule has 1 aliphatic rings. The van der Waals surface area contributed by atoms with E-state index in [-0.39, 0.29) is 17.2 Å². The molecule has 156 valence electrons. The number of nitrogens with one attached hydrogen (secondary N) is 1. The number of carbonyl (C=O) groups excluding carboxylic acids is 1. The second kappa shape index (κ2) is 9.33. The van der Waals surface area contributed by atoms with Crippen molar-refractivity contribution in [3.8, 4) is 0 Å². The third-order valence-corrected chi connectivity index (χ3v) is 6.20. The third kappa shape index (κ3) is 4.77. The number of hydrogen-bond acceptors (Lipinski definition) is 4. The Morgan fingerprint density at radius 2 is 1.83 bits per heavy atom. The maximum atomic E-state index is 12.8. The van der Waals surface area contributed by atoms with Crippen molar-refractivity contribution in [2.45, 2.75) is 25.3 Å². The maximum absolute atomic E-state index is 12.8. The predicted octanol–water partition coefficient (Wildman–Crippen LogP) is 5.17. The van der Waals surface area contributed by atoms with Gasteiger partial charge in [-0.15, -0.1) is 0 Å². The zero-order chi connectivity index (χ0) is 21.1. The van der Waals surface area contributed by atoms with Crippen LogP contribution in [-0.4, -0.2) is 30.4 Å². The number of likely N-dealkylation sites (tertiary alicyclic amines) is 1. The van der Waals surface area contributed by atoms with Crippen LogP contribution in [0.3, 0.4) is 0 Å². The fraction of sp³-hybridized carbons (Fsp3) is 0.304. The van der Waals surface area contributed by atoms with E-state index < -0.39 is 5.91 Å². The molecule has 1 N–H and O–H groups in total. The average Bonchev–Trinajstić information content (AvgIpc) is 2.76. The second-order valence-electron chi connectivity index (χ2n) is 7.49. The van der Waals surface area contributed by atoms with Gasteiger partial charge in [0.2, 0.25) is 0 Å². The summed E-state index contributed by atoms with van der Waals surface area (Å²) in [5.74, 6) is -0.379. The first-order chi connectivity index (χ1) is 14.5. The molecule has 0 spiro atoms. The zero-order valence-corrected chi connectivity index (χ0v) is 18.7. The van der Waals surface area contributed by atoms with Crippen molar-refractivity contribution in [1.82, 2.24) is 10.2 Å². The maximum Gasteiger partial charge on any atom is 0.287 e. The lowest BCUT2D eigenvalue weighted by Crippen LogP contribution is -2.40. The number of piperidine rings is 1. The van der Waals surface area contributed by atoms with Crippen molar-refractivity contribution in [3.63, 3.8) is 0 Å². The molecular weight excluding hydrogens is 468 g/mol. The number of amides is 1. The van der Waals surface area contributed by atoms with E-state index in [4.69, 9.17) is 16.0 Å². The highest BCUT2D eigenvalue weighted by Crippen LogP contribution is 2.25. The molecule has 1 aliphatic heterocycles. The zero-order valence-electron chi connectivity index (χ0n) is 16.4. The molecule has 0 bridgehead atoms. The molecule has 1 amide bonds. The van der Waals surface area contributed by atoms with Crippen LogP contribution in [0.25, 0.3) is 11.0 Å². The van der Waals surface area contributed by atoms with Crippen LogP contribution in [0.15, 0.2) is 62.2 Å². The Kier molecular flexibility index (Phi) is 6.56. The van der Waals surface area contributed by atoms with Gasteiger partial charge in [-0.25, -0.2) is 0 Å². The Bertz CT molecular complexity index is 1110. The summed E-state index contributed by atoms with van der Waals surface area (Å²) in [5, 5.41) is 4.08. The minimum Gasteiger partial charge on any atom is -0.451 e. The summed E-state index contributed by atoms with van der Waals surface area (Å²) >= 11 is 9.40. The van der Waals surface area contributed by atoms with Gasteiger partial charge in [0.15, 0.2) is 11.2 Å². The van der Waals surface area contributed by atoms with Crippen LogP contribution in [0.2, 0.25) is 5.02 Å². The van der Waals surface area contributed by atoms with Crippen LogP contribution in [0, 0.1) is 0 Å². The lowest BCUT2D eigenvalue weighted by molar-refractivity contribution is 0.0897. The predicted molar refractivity (Wildman–Crippen MR) is 122 cm³/mol. The van der Waals surface area contributed by atoms with E-state index in [2.05, 4.69) is 26.1 Å². The van der Waals surface area contributed by atoms with Crippen LogP contribution in [0.4, 0.5) is 0 Å². The van der Waals surface area contributed by atoms with Crippen molar-refractivity contribution in [1.29, 1.82) is 0 Å². The van der Waals surface area contributed by atoms with Crippen molar-refractivity contribution >= 4 is 44.4 Å². The first kappa shape index (κ1) is 21.1. The van der Waals surface area contributed by atoms with Gasteiger partial charge in [-0.05, 0) is 61.8 Å². The number of benzene rings is 2. The van der Waals surface area contributed by atoms with Gasteiger partial charge in [0.25, 0.3) is 5.91 Å². The molecule has 1 saturated heterocycles. The Morgan fingerprint density at radius 1 is 1.10 bits per heavy atom.